The van der Waals surface area contributed by atoms with Crippen LogP contribution in [0.15, 0.2) is 40.7 Å². The SMILES string of the molecule is Cc1ccc(S(=O)(=O)N2C(F)=C(C(=O)O)C(CC(C)C)C2(C(=O)O)C(=O)O)cc1. The van der Waals surface area contributed by atoms with E-state index >= 15 is 4.39 Å². The molecule has 0 fully saturated rings. The smallest absolute Gasteiger partial charge is 0.343 e. The Balaban J connectivity index is 2.91. The Morgan fingerprint density at radius 3 is 1.97 bits per heavy atom. The minimum absolute atomic E-state index is 0.381. The highest BCUT2D eigenvalue weighted by molar-refractivity contribution is 7.89. The minimum Gasteiger partial charge on any atom is -0.479 e. The molecule has 0 aromatic heterocycles. The Morgan fingerprint density at radius 1 is 1.10 bits per heavy atom. The van der Waals surface area contributed by atoms with Crippen molar-refractivity contribution in [3.05, 3.63) is 41.4 Å². The van der Waals surface area contributed by atoms with Crippen molar-refractivity contribution in [1.29, 1.82) is 0 Å². The molecular weight excluding hydrogens is 409 g/mol. The minimum atomic E-state index is -5.06. The van der Waals surface area contributed by atoms with Crippen LogP contribution in [0.4, 0.5) is 4.39 Å². The molecule has 1 aliphatic rings. The second-order valence-electron chi connectivity index (χ2n) is 7.15. The molecule has 0 amide bonds. The van der Waals surface area contributed by atoms with E-state index in [0.717, 1.165) is 12.1 Å². The Kier molecular flexibility index (Phi) is 5.75. The molecule has 0 saturated heterocycles. The lowest BCUT2D eigenvalue weighted by Crippen LogP contribution is -2.62. The van der Waals surface area contributed by atoms with Crippen molar-refractivity contribution < 1.29 is 42.5 Å². The lowest BCUT2D eigenvalue weighted by molar-refractivity contribution is -0.165. The van der Waals surface area contributed by atoms with E-state index < -0.39 is 66.0 Å². The topological polar surface area (TPSA) is 149 Å². The van der Waals surface area contributed by atoms with Crippen molar-refractivity contribution in [2.45, 2.75) is 37.6 Å². The molecule has 2 rings (SSSR count). The van der Waals surface area contributed by atoms with E-state index in [-0.39, 0.29) is 6.42 Å². The molecule has 1 atom stereocenters. The molecule has 0 aliphatic carbocycles. The average Bonchev–Trinajstić information content (AvgIpc) is 2.84. The van der Waals surface area contributed by atoms with Gasteiger partial charge in [0.1, 0.15) is 0 Å². The normalized spacial score (nSPS) is 18.9. The second kappa shape index (κ2) is 7.47. The molecule has 158 valence electrons. The third-order valence-electron chi connectivity index (χ3n) is 4.72. The lowest BCUT2D eigenvalue weighted by Gasteiger charge is -2.35. The number of carboxylic acids is 3. The Hall–Kier alpha value is -2.95. The van der Waals surface area contributed by atoms with E-state index in [1.807, 2.05) is 0 Å². The van der Waals surface area contributed by atoms with Gasteiger partial charge in [0, 0.05) is 5.92 Å². The van der Waals surface area contributed by atoms with Gasteiger partial charge in [0.05, 0.1) is 10.5 Å². The second-order valence-corrected chi connectivity index (χ2v) is 8.94. The predicted molar refractivity (Wildman–Crippen MR) is 96.9 cm³/mol. The summed E-state index contributed by atoms with van der Waals surface area (Å²) in [6.45, 7) is 4.73. The average molecular weight is 429 g/mol. The van der Waals surface area contributed by atoms with E-state index in [1.165, 1.54) is 12.1 Å². The van der Waals surface area contributed by atoms with Gasteiger partial charge in [-0.3, -0.25) is 0 Å². The highest BCUT2D eigenvalue weighted by atomic mass is 32.2. The molecular formula is C18H20FNO8S. The molecule has 0 radical (unpaired) electrons. The van der Waals surface area contributed by atoms with Crippen LogP contribution in [0.25, 0.3) is 0 Å². The molecule has 1 aromatic rings. The van der Waals surface area contributed by atoms with E-state index in [2.05, 4.69) is 0 Å². The highest BCUT2D eigenvalue weighted by Gasteiger charge is 2.69. The molecule has 0 bridgehead atoms. The first-order valence-electron chi connectivity index (χ1n) is 8.51. The van der Waals surface area contributed by atoms with E-state index in [4.69, 9.17) is 0 Å². The number of halogens is 1. The first kappa shape index (κ1) is 22.3. The van der Waals surface area contributed by atoms with Crippen LogP contribution in [0, 0.1) is 18.8 Å². The van der Waals surface area contributed by atoms with Gasteiger partial charge in [-0.25, -0.2) is 27.1 Å². The van der Waals surface area contributed by atoms with Crippen molar-refractivity contribution in [3.8, 4) is 0 Å². The number of rotatable bonds is 7. The van der Waals surface area contributed by atoms with Crippen molar-refractivity contribution in [2.24, 2.45) is 11.8 Å². The third-order valence-corrected chi connectivity index (χ3v) is 6.52. The monoisotopic (exact) mass is 429 g/mol. The van der Waals surface area contributed by atoms with Gasteiger partial charge in [-0.1, -0.05) is 31.5 Å². The fourth-order valence-corrected chi connectivity index (χ4v) is 5.09. The van der Waals surface area contributed by atoms with Crippen LogP contribution in [0.2, 0.25) is 0 Å². The van der Waals surface area contributed by atoms with Gasteiger partial charge in [-0.05, 0) is 31.4 Å². The Morgan fingerprint density at radius 2 is 1.59 bits per heavy atom. The summed E-state index contributed by atoms with van der Waals surface area (Å²) < 4.78 is 41.0. The summed E-state index contributed by atoms with van der Waals surface area (Å²) in [5.74, 6) is -10.6. The molecule has 11 heteroatoms. The maximum absolute atomic E-state index is 15.2. The largest absolute Gasteiger partial charge is 0.479 e. The predicted octanol–water partition coefficient (Wildman–Crippen LogP) is 1.84. The maximum Gasteiger partial charge on any atom is 0.343 e. The summed E-state index contributed by atoms with van der Waals surface area (Å²) in [5.41, 5.74) is -3.93. The molecule has 1 heterocycles. The van der Waals surface area contributed by atoms with Gasteiger partial charge in [0.15, 0.2) is 0 Å². The van der Waals surface area contributed by atoms with Crippen LogP contribution in [-0.4, -0.2) is 51.5 Å². The lowest BCUT2D eigenvalue weighted by atomic mass is 9.77. The van der Waals surface area contributed by atoms with E-state index in [1.54, 1.807) is 20.8 Å². The zero-order chi connectivity index (χ0) is 22.3. The van der Waals surface area contributed by atoms with Crippen LogP contribution in [-0.2, 0) is 24.4 Å². The fraction of sp³-hybridized carbons (Fsp3) is 0.389. The number of hydrogen-bond acceptors (Lipinski definition) is 5. The van der Waals surface area contributed by atoms with Crippen molar-refractivity contribution in [1.82, 2.24) is 4.31 Å². The van der Waals surface area contributed by atoms with Gasteiger partial charge in [-0.15, -0.1) is 0 Å². The molecule has 1 aromatic carbocycles. The molecule has 9 nitrogen and oxygen atoms in total. The standard InChI is InChI=1S/C18H20FNO8S/c1-9(2)8-12-13(15(21)22)14(19)20(18(12,16(23)24)17(25)26)29(27,28)11-6-4-10(3)5-7-11/h4-7,9,12H,8H2,1-3H3,(H,21,22)(H,23,24)(H,25,26). The van der Waals surface area contributed by atoms with Crippen molar-refractivity contribution in [3.63, 3.8) is 0 Å². The van der Waals surface area contributed by atoms with Crippen LogP contribution < -0.4 is 0 Å². The van der Waals surface area contributed by atoms with E-state index in [9.17, 15) is 38.1 Å². The number of aryl methyl sites for hydroxylation is 1. The van der Waals surface area contributed by atoms with Gasteiger partial charge < -0.3 is 15.3 Å². The first-order chi connectivity index (χ1) is 13.3. The van der Waals surface area contributed by atoms with Crippen LogP contribution in [0.3, 0.4) is 0 Å². The van der Waals surface area contributed by atoms with Gasteiger partial charge in [0.2, 0.25) is 5.95 Å². The molecule has 0 saturated carbocycles. The summed E-state index contributed by atoms with van der Waals surface area (Å²) in [4.78, 5) is 35.4. The number of aliphatic carboxylic acids is 3. The van der Waals surface area contributed by atoms with Crippen LogP contribution >= 0.6 is 0 Å². The molecule has 1 aliphatic heterocycles. The fourth-order valence-electron chi connectivity index (χ4n) is 3.43. The summed E-state index contributed by atoms with van der Waals surface area (Å²) in [6.07, 6.45) is -0.381. The summed E-state index contributed by atoms with van der Waals surface area (Å²) in [5, 5.41) is 29.0. The summed E-state index contributed by atoms with van der Waals surface area (Å²) in [7, 11) is -5.06. The number of carboxylic acid groups (broad SMARTS) is 3. The quantitative estimate of drug-likeness (QED) is 0.439. The number of carbonyl (C=O) groups is 3. The zero-order valence-corrected chi connectivity index (χ0v) is 16.6. The van der Waals surface area contributed by atoms with E-state index in [0.29, 0.717) is 5.56 Å². The molecule has 3 N–H and O–H groups in total. The van der Waals surface area contributed by atoms with Crippen molar-refractivity contribution in [2.75, 3.05) is 0 Å². The Bertz CT molecular complexity index is 983. The number of sulfonamides is 1. The Labute approximate surface area is 166 Å². The molecule has 29 heavy (non-hydrogen) atoms. The van der Waals surface area contributed by atoms with Crippen molar-refractivity contribution >= 4 is 27.9 Å². The van der Waals surface area contributed by atoms with Gasteiger partial charge >= 0.3 is 17.9 Å². The zero-order valence-electron chi connectivity index (χ0n) is 15.8. The van der Waals surface area contributed by atoms with Crippen LogP contribution in [0.5, 0.6) is 0 Å². The number of nitrogens with zero attached hydrogens (tertiary/aromatic N) is 1. The maximum atomic E-state index is 15.2. The summed E-state index contributed by atoms with van der Waals surface area (Å²) in [6, 6.07) is 4.83. The van der Waals surface area contributed by atoms with Gasteiger partial charge in [0.25, 0.3) is 15.6 Å². The third kappa shape index (κ3) is 3.35. The number of benzene rings is 1. The molecule has 0 spiro atoms. The molecule has 1 unspecified atom stereocenters. The number of hydrogen-bond donors (Lipinski definition) is 3. The summed E-state index contributed by atoms with van der Waals surface area (Å²) >= 11 is 0. The highest BCUT2D eigenvalue weighted by Crippen LogP contribution is 2.49. The first-order valence-corrected chi connectivity index (χ1v) is 9.95. The van der Waals surface area contributed by atoms with Crippen LogP contribution in [0.1, 0.15) is 25.8 Å². The van der Waals surface area contributed by atoms with Gasteiger partial charge in [-0.2, -0.15) is 4.39 Å².